The first-order chi connectivity index (χ1) is 12.8. The van der Waals surface area contributed by atoms with Crippen LogP contribution in [0.2, 0.25) is 0 Å². The smallest absolute Gasteiger partial charge is 0.412 e. The molecular weight excluding hydrogens is 346 g/mol. The van der Waals surface area contributed by atoms with Crippen molar-refractivity contribution < 1.29 is 14.3 Å². The third-order valence-corrected chi connectivity index (χ3v) is 3.56. The number of hydrogen-bond acceptors (Lipinski definition) is 5. The van der Waals surface area contributed by atoms with Crippen LogP contribution < -0.4 is 10.6 Å². The van der Waals surface area contributed by atoms with Crippen molar-refractivity contribution in [1.29, 1.82) is 0 Å². The molecule has 2 heterocycles. The van der Waals surface area contributed by atoms with Crippen LogP contribution in [0.25, 0.3) is 5.65 Å². The molecule has 0 aliphatic heterocycles. The van der Waals surface area contributed by atoms with Crippen LogP contribution in [0, 0.1) is 0 Å². The quantitative estimate of drug-likeness (QED) is 0.739. The highest BCUT2D eigenvalue weighted by Crippen LogP contribution is 2.14. The van der Waals surface area contributed by atoms with Crippen LogP contribution in [0.1, 0.15) is 37.0 Å². The number of ether oxygens (including phenoxy) is 1. The predicted molar refractivity (Wildman–Crippen MR) is 100 cm³/mol. The lowest BCUT2D eigenvalue weighted by Crippen LogP contribution is -2.27. The van der Waals surface area contributed by atoms with E-state index in [-0.39, 0.29) is 12.5 Å². The Kier molecular flexibility index (Phi) is 5.07. The Morgan fingerprint density at radius 2 is 1.93 bits per heavy atom. The van der Waals surface area contributed by atoms with Gasteiger partial charge in [-0.15, -0.1) is 10.2 Å². The average Bonchev–Trinajstić information content (AvgIpc) is 3.01. The zero-order valence-electron chi connectivity index (χ0n) is 15.4. The molecule has 8 nitrogen and oxygen atoms in total. The summed E-state index contributed by atoms with van der Waals surface area (Å²) in [6.45, 7) is 5.58. The number of nitrogens with zero attached hydrogens (tertiary/aromatic N) is 3. The molecule has 0 unspecified atom stereocenters. The molecular formula is C19H21N5O3. The van der Waals surface area contributed by atoms with Gasteiger partial charge >= 0.3 is 6.09 Å². The Morgan fingerprint density at radius 1 is 1.11 bits per heavy atom. The van der Waals surface area contributed by atoms with Gasteiger partial charge in [0.05, 0.1) is 6.54 Å². The summed E-state index contributed by atoms with van der Waals surface area (Å²) in [6.07, 6.45) is 1.26. The third-order valence-electron chi connectivity index (χ3n) is 3.56. The Labute approximate surface area is 156 Å². The largest absolute Gasteiger partial charge is 0.444 e. The van der Waals surface area contributed by atoms with Gasteiger partial charge < -0.3 is 10.1 Å². The number of rotatable bonds is 4. The van der Waals surface area contributed by atoms with E-state index in [2.05, 4.69) is 20.8 Å². The molecule has 140 valence electrons. The van der Waals surface area contributed by atoms with E-state index in [0.717, 1.165) is 0 Å². The van der Waals surface area contributed by atoms with Gasteiger partial charge in [-0.25, -0.2) is 4.79 Å². The Balaban J connectivity index is 1.64. The molecule has 0 atom stereocenters. The van der Waals surface area contributed by atoms with Crippen LogP contribution in [-0.4, -0.2) is 32.2 Å². The normalized spacial score (nSPS) is 11.2. The fourth-order valence-electron chi connectivity index (χ4n) is 2.43. The number of benzene rings is 1. The summed E-state index contributed by atoms with van der Waals surface area (Å²) in [5.41, 5.74) is 1.01. The maximum absolute atomic E-state index is 12.4. The number of pyridine rings is 1. The van der Waals surface area contributed by atoms with Gasteiger partial charge in [0, 0.05) is 17.4 Å². The first-order valence-corrected chi connectivity index (χ1v) is 8.49. The summed E-state index contributed by atoms with van der Waals surface area (Å²) in [5.74, 6) is 0.345. The van der Waals surface area contributed by atoms with E-state index < -0.39 is 11.7 Å². The lowest BCUT2D eigenvalue weighted by atomic mass is 10.2. The highest BCUT2D eigenvalue weighted by molar-refractivity contribution is 5.96. The standard InChI is InChI=1S/C19H21N5O3/c1-19(2,3)27-18(26)21-14-8-6-7-13(11-14)17(25)20-12-16-23-22-15-9-4-5-10-24(15)16/h4-11H,12H2,1-3H3,(H,20,25)(H,21,26). The molecule has 1 aromatic carbocycles. The summed E-state index contributed by atoms with van der Waals surface area (Å²) < 4.78 is 7.02. The van der Waals surface area contributed by atoms with Gasteiger partial charge in [-0.05, 0) is 51.1 Å². The van der Waals surface area contributed by atoms with Crippen molar-refractivity contribution >= 4 is 23.3 Å². The van der Waals surface area contributed by atoms with Crippen LogP contribution in [-0.2, 0) is 11.3 Å². The summed E-state index contributed by atoms with van der Waals surface area (Å²) in [7, 11) is 0. The number of carbonyl (C=O) groups is 2. The van der Waals surface area contributed by atoms with Crippen molar-refractivity contribution in [3.63, 3.8) is 0 Å². The van der Waals surface area contributed by atoms with Crippen LogP contribution in [0.3, 0.4) is 0 Å². The first-order valence-electron chi connectivity index (χ1n) is 8.49. The van der Waals surface area contributed by atoms with Crippen molar-refractivity contribution in [3.05, 3.63) is 60.0 Å². The van der Waals surface area contributed by atoms with Gasteiger partial charge in [-0.1, -0.05) is 12.1 Å². The zero-order valence-corrected chi connectivity index (χ0v) is 15.4. The van der Waals surface area contributed by atoms with Gasteiger partial charge in [0.25, 0.3) is 5.91 Å². The Hall–Kier alpha value is -3.42. The summed E-state index contributed by atoms with van der Waals surface area (Å²) in [4.78, 5) is 24.3. The molecule has 0 spiro atoms. The van der Waals surface area contributed by atoms with Crippen LogP contribution in [0.5, 0.6) is 0 Å². The van der Waals surface area contributed by atoms with E-state index in [1.165, 1.54) is 0 Å². The molecule has 0 aliphatic rings. The van der Waals surface area contributed by atoms with Crippen molar-refractivity contribution in [3.8, 4) is 0 Å². The molecule has 0 radical (unpaired) electrons. The molecule has 27 heavy (non-hydrogen) atoms. The fourth-order valence-corrected chi connectivity index (χ4v) is 2.43. The zero-order chi connectivity index (χ0) is 19.4. The summed E-state index contributed by atoms with van der Waals surface area (Å²) in [6, 6.07) is 12.2. The topological polar surface area (TPSA) is 97.6 Å². The first kappa shape index (κ1) is 18.4. The van der Waals surface area contributed by atoms with Crippen LogP contribution >= 0.6 is 0 Å². The van der Waals surface area contributed by atoms with E-state index in [1.807, 2.05) is 24.4 Å². The number of fused-ring (bicyclic) bond motifs is 1. The maximum atomic E-state index is 12.4. The highest BCUT2D eigenvalue weighted by Gasteiger charge is 2.16. The van der Waals surface area contributed by atoms with Crippen molar-refractivity contribution in [2.45, 2.75) is 32.9 Å². The third kappa shape index (κ3) is 4.81. The molecule has 0 bridgehead atoms. The molecule has 0 aliphatic carbocycles. The number of nitrogens with one attached hydrogen (secondary N) is 2. The molecule has 0 saturated carbocycles. The van der Waals surface area contributed by atoms with Gasteiger partial charge in [0.1, 0.15) is 5.60 Å². The number of aromatic nitrogens is 3. The second-order valence-corrected chi connectivity index (χ2v) is 6.94. The average molecular weight is 367 g/mol. The summed E-state index contributed by atoms with van der Waals surface area (Å²) >= 11 is 0. The lowest BCUT2D eigenvalue weighted by Gasteiger charge is -2.19. The molecule has 2 N–H and O–H groups in total. The van der Waals surface area contributed by atoms with E-state index in [1.54, 1.807) is 49.4 Å². The minimum Gasteiger partial charge on any atom is -0.444 e. The van der Waals surface area contributed by atoms with E-state index in [0.29, 0.717) is 22.7 Å². The van der Waals surface area contributed by atoms with Gasteiger partial charge in [-0.2, -0.15) is 0 Å². The minimum atomic E-state index is -0.597. The SMILES string of the molecule is CC(C)(C)OC(=O)Nc1cccc(C(=O)NCc2nnc3ccccn23)c1. The Morgan fingerprint density at radius 3 is 2.70 bits per heavy atom. The fraction of sp³-hybridized carbons (Fsp3) is 0.263. The summed E-state index contributed by atoms with van der Waals surface area (Å²) in [5, 5.41) is 13.5. The molecule has 3 rings (SSSR count). The molecule has 0 saturated heterocycles. The van der Waals surface area contributed by atoms with E-state index in [4.69, 9.17) is 4.74 Å². The number of hydrogen-bond donors (Lipinski definition) is 2. The molecule has 3 aromatic rings. The number of anilines is 1. The Bertz CT molecular complexity index is 975. The van der Waals surface area contributed by atoms with E-state index in [9.17, 15) is 9.59 Å². The minimum absolute atomic E-state index is 0.230. The predicted octanol–water partition coefficient (Wildman–Crippen LogP) is 3.01. The van der Waals surface area contributed by atoms with Crippen LogP contribution in [0.15, 0.2) is 48.7 Å². The highest BCUT2D eigenvalue weighted by atomic mass is 16.6. The number of carbonyl (C=O) groups excluding carboxylic acids is 2. The second kappa shape index (κ2) is 7.45. The number of amides is 2. The van der Waals surface area contributed by atoms with E-state index >= 15 is 0 Å². The van der Waals surface area contributed by atoms with Crippen molar-refractivity contribution in [1.82, 2.24) is 19.9 Å². The molecule has 8 heteroatoms. The second-order valence-electron chi connectivity index (χ2n) is 6.94. The molecule has 2 aromatic heterocycles. The molecule has 2 amide bonds. The van der Waals surface area contributed by atoms with Crippen molar-refractivity contribution in [2.24, 2.45) is 0 Å². The van der Waals surface area contributed by atoms with Gasteiger partial charge in [-0.3, -0.25) is 14.5 Å². The maximum Gasteiger partial charge on any atom is 0.412 e. The monoisotopic (exact) mass is 367 g/mol. The molecule has 0 fully saturated rings. The van der Waals surface area contributed by atoms with Crippen LogP contribution in [0.4, 0.5) is 10.5 Å². The van der Waals surface area contributed by atoms with Gasteiger partial charge in [0.2, 0.25) is 0 Å². The lowest BCUT2D eigenvalue weighted by molar-refractivity contribution is 0.0635. The van der Waals surface area contributed by atoms with Crippen molar-refractivity contribution in [2.75, 3.05) is 5.32 Å². The van der Waals surface area contributed by atoms with Gasteiger partial charge in [0.15, 0.2) is 11.5 Å².